The molecule has 0 N–H and O–H groups in total. The highest BCUT2D eigenvalue weighted by Gasteiger charge is 2.55. The molecule has 4 bridgehead atoms. The summed E-state index contributed by atoms with van der Waals surface area (Å²) in [5.41, 5.74) is -0.105. The lowest BCUT2D eigenvalue weighted by Gasteiger charge is -2.59. The van der Waals surface area contributed by atoms with Gasteiger partial charge in [-0.3, -0.25) is 14.5 Å². The molecular formula is C14H21NO2. The fraction of sp³-hybridized carbons (Fsp3) is 0.857. The van der Waals surface area contributed by atoms with E-state index in [-0.39, 0.29) is 17.4 Å². The Bertz CT molecular complexity index is 325. The second-order valence-corrected chi connectivity index (χ2v) is 6.52. The van der Waals surface area contributed by atoms with E-state index in [1.165, 1.54) is 19.3 Å². The molecule has 4 aliphatic rings. The van der Waals surface area contributed by atoms with Crippen LogP contribution < -0.4 is 0 Å². The van der Waals surface area contributed by atoms with Gasteiger partial charge < -0.3 is 0 Å². The van der Waals surface area contributed by atoms with Crippen LogP contribution in [0, 0.1) is 17.8 Å². The van der Waals surface area contributed by atoms with Gasteiger partial charge in [0.1, 0.15) is 0 Å². The lowest BCUT2D eigenvalue weighted by Crippen LogP contribution is -2.62. The Morgan fingerprint density at radius 3 is 1.53 bits per heavy atom. The molecule has 4 saturated carbocycles. The molecule has 0 spiro atoms. The van der Waals surface area contributed by atoms with Crippen LogP contribution in [0.3, 0.4) is 0 Å². The zero-order chi connectivity index (χ0) is 12.2. The molecule has 0 aliphatic heterocycles. The molecule has 0 radical (unpaired) electrons. The second-order valence-electron chi connectivity index (χ2n) is 6.52. The Balaban J connectivity index is 1.95. The zero-order valence-electron chi connectivity index (χ0n) is 10.7. The van der Waals surface area contributed by atoms with Crippen LogP contribution in [-0.4, -0.2) is 22.3 Å². The maximum Gasteiger partial charge on any atom is 0.226 e. The van der Waals surface area contributed by atoms with E-state index in [1.807, 2.05) is 0 Å². The van der Waals surface area contributed by atoms with Crippen molar-refractivity contribution in [1.82, 2.24) is 4.90 Å². The standard InChI is InChI=1S/C14H21NO2/c1-9(16)15(10(2)17)14-6-11-3-12(7-14)5-13(4-11)8-14/h11-13H,3-8H2,1-2H3. The molecule has 94 valence electrons. The summed E-state index contributed by atoms with van der Waals surface area (Å²) in [6.45, 7) is 3.08. The maximum absolute atomic E-state index is 11.8. The fourth-order valence-electron chi connectivity index (χ4n) is 5.23. The first-order valence-corrected chi connectivity index (χ1v) is 6.81. The third-order valence-electron chi connectivity index (χ3n) is 5.11. The first-order chi connectivity index (χ1) is 8.00. The van der Waals surface area contributed by atoms with E-state index in [0.29, 0.717) is 0 Å². The van der Waals surface area contributed by atoms with Gasteiger partial charge in [0.15, 0.2) is 0 Å². The van der Waals surface area contributed by atoms with E-state index in [4.69, 9.17) is 0 Å². The molecule has 4 aliphatic carbocycles. The van der Waals surface area contributed by atoms with Crippen molar-refractivity contribution in [3.8, 4) is 0 Å². The highest BCUT2D eigenvalue weighted by Crippen LogP contribution is 2.57. The number of hydrogen-bond acceptors (Lipinski definition) is 2. The van der Waals surface area contributed by atoms with Crippen molar-refractivity contribution in [2.75, 3.05) is 0 Å². The van der Waals surface area contributed by atoms with Gasteiger partial charge in [0, 0.05) is 13.8 Å². The monoisotopic (exact) mass is 235 g/mol. The number of amides is 2. The van der Waals surface area contributed by atoms with Crippen molar-refractivity contribution < 1.29 is 9.59 Å². The van der Waals surface area contributed by atoms with Crippen LogP contribution in [0.4, 0.5) is 0 Å². The summed E-state index contributed by atoms with van der Waals surface area (Å²) >= 11 is 0. The predicted octanol–water partition coefficient (Wildman–Crippen LogP) is 2.35. The molecule has 17 heavy (non-hydrogen) atoms. The normalized spacial score (nSPS) is 42.6. The van der Waals surface area contributed by atoms with Crippen molar-refractivity contribution in [1.29, 1.82) is 0 Å². The Hall–Kier alpha value is -0.860. The fourth-order valence-corrected chi connectivity index (χ4v) is 5.23. The predicted molar refractivity (Wildman–Crippen MR) is 64.1 cm³/mol. The van der Waals surface area contributed by atoms with Gasteiger partial charge in [-0.05, 0) is 56.3 Å². The van der Waals surface area contributed by atoms with Gasteiger partial charge >= 0.3 is 0 Å². The summed E-state index contributed by atoms with van der Waals surface area (Å²) < 4.78 is 0. The first-order valence-electron chi connectivity index (χ1n) is 6.81. The summed E-state index contributed by atoms with van der Waals surface area (Å²) in [7, 11) is 0. The largest absolute Gasteiger partial charge is 0.277 e. The summed E-state index contributed by atoms with van der Waals surface area (Å²) in [6, 6.07) is 0. The Morgan fingerprint density at radius 2 is 1.24 bits per heavy atom. The highest BCUT2D eigenvalue weighted by molar-refractivity contribution is 5.94. The minimum absolute atomic E-state index is 0.0561. The number of nitrogens with zero attached hydrogens (tertiary/aromatic N) is 1. The van der Waals surface area contributed by atoms with E-state index in [1.54, 1.807) is 18.7 Å². The molecule has 2 amide bonds. The molecule has 4 fully saturated rings. The Labute approximate surface area is 103 Å². The Kier molecular flexibility index (Phi) is 2.36. The molecule has 0 aromatic heterocycles. The van der Waals surface area contributed by atoms with Gasteiger partial charge in [-0.15, -0.1) is 0 Å². The van der Waals surface area contributed by atoms with Crippen molar-refractivity contribution in [2.45, 2.75) is 57.9 Å². The van der Waals surface area contributed by atoms with Crippen molar-refractivity contribution in [2.24, 2.45) is 17.8 Å². The van der Waals surface area contributed by atoms with Gasteiger partial charge in [-0.2, -0.15) is 0 Å². The summed E-state index contributed by atoms with van der Waals surface area (Å²) in [5.74, 6) is 2.19. The minimum atomic E-state index is -0.105. The van der Waals surface area contributed by atoms with E-state index in [9.17, 15) is 9.59 Å². The lowest BCUT2D eigenvalue weighted by atomic mass is 9.52. The number of rotatable bonds is 1. The summed E-state index contributed by atoms with van der Waals surface area (Å²) in [6.07, 6.45) is 7.21. The van der Waals surface area contributed by atoms with Gasteiger partial charge in [0.25, 0.3) is 0 Å². The average Bonchev–Trinajstić information content (AvgIpc) is 2.11. The van der Waals surface area contributed by atoms with Crippen LogP contribution in [0.25, 0.3) is 0 Å². The van der Waals surface area contributed by atoms with E-state index in [0.717, 1.165) is 37.0 Å². The SMILES string of the molecule is CC(=O)N(C(C)=O)C12CC3CC(CC(C3)C1)C2. The average molecular weight is 235 g/mol. The highest BCUT2D eigenvalue weighted by atomic mass is 16.2. The molecule has 0 aromatic carbocycles. The molecule has 0 atom stereocenters. The van der Waals surface area contributed by atoms with Crippen LogP contribution in [0.15, 0.2) is 0 Å². The summed E-state index contributed by atoms with van der Waals surface area (Å²) in [5, 5.41) is 0. The van der Waals surface area contributed by atoms with Crippen LogP contribution in [0.2, 0.25) is 0 Å². The number of hydrogen-bond donors (Lipinski definition) is 0. The zero-order valence-corrected chi connectivity index (χ0v) is 10.7. The van der Waals surface area contributed by atoms with Crippen molar-refractivity contribution >= 4 is 11.8 Å². The second kappa shape index (κ2) is 3.56. The van der Waals surface area contributed by atoms with Crippen molar-refractivity contribution in [3.05, 3.63) is 0 Å². The third kappa shape index (κ3) is 1.62. The van der Waals surface area contributed by atoms with Crippen molar-refractivity contribution in [3.63, 3.8) is 0 Å². The summed E-state index contributed by atoms with van der Waals surface area (Å²) in [4.78, 5) is 25.2. The molecule has 0 unspecified atom stereocenters. The maximum atomic E-state index is 11.8. The lowest BCUT2D eigenvalue weighted by molar-refractivity contribution is -0.161. The Morgan fingerprint density at radius 1 is 0.882 bits per heavy atom. The molecule has 4 rings (SSSR count). The molecule has 0 saturated heterocycles. The van der Waals surface area contributed by atoms with Gasteiger partial charge in [-0.1, -0.05) is 0 Å². The van der Waals surface area contributed by atoms with Crippen LogP contribution in [0.1, 0.15) is 52.4 Å². The van der Waals surface area contributed by atoms with Crippen LogP contribution >= 0.6 is 0 Å². The molecule has 0 aromatic rings. The first kappa shape index (κ1) is 11.2. The van der Waals surface area contributed by atoms with E-state index in [2.05, 4.69) is 0 Å². The smallest absolute Gasteiger partial charge is 0.226 e. The molecular weight excluding hydrogens is 214 g/mol. The number of carbonyl (C=O) groups excluding carboxylic acids is 2. The molecule has 0 heterocycles. The topological polar surface area (TPSA) is 37.4 Å². The third-order valence-corrected chi connectivity index (χ3v) is 5.11. The number of imide groups is 1. The quantitative estimate of drug-likeness (QED) is 0.699. The molecule has 3 nitrogen and oxygen atoms in total. The molecule has 3 heteroatoms. The minimum Gasteiger partial charge on any atom is -0.277 e. The van der Waals surface area contributed by atoms with Gasteiger partial charge in [0.2, 0.25) is 11.8 Å². The van der Waals surface area contributed by atoms with E-state index < -0.39 is 0 Å². The van der Waals surface area contributed by atoms with E-state index >= 15 is 0 Å². The van der Waals surface area contributed by atoms with Gasteiger partial charge in [-0.25, -0.2) is 0 Å². The van der Waals surface area contributed by atoms with Crippen LogP contribution in [-0.2, 0) is 9.59 Å². The van der Waals surface area contributed by atoms with Crippen LogP contribution in [0.5, 0.6) is 0 Å². The van der Waals surface area contributed by atoms with Gasteiger partial charge in [0.05, 0.1) is 5.54 Å². The number of carbonyl (C=O) groups is 2.